The predicted molar refractivity (Wildman–Crippen MR) is 72.1 cm³/mol. The Morgan fingerprint density at radius 2 is 2.05 bits per heavy atom. The number of hydrogen-bond acceptors (Lipinski definition) is 2. The number of nitrogens with zero attached hydrogens (tertiary/aromatic N) is 1. The van der Waals surface area contributed by atoms with Crippen LogP contribution in [0, 0.1) is 12.7 Å². The van der Waals surface area contributed by atoms with Crippen LogP contribution in [0.2, 0.25) is 0 Å². The number of carbonyl (C=O) groups excluding carboxylic acids is 1. The molecule has 0 aromatic heterocycles. The van der Waals surface area contributed by atoms with Gasteiger partial charge in [-0.25, -0.2) is 9.18 Å². The average Bonchev–Trinajstić information content (AvgIpc) is 2.38. The van der Waals surface area contributed by atoms with Gasteiger partial charge in [-0.05, 0) is 50.8 Å². The molecule has 0 radical (unpaired) electrons. The fourth-order valence-electron chi connectivity index (χ4n) is 2.61. The predicted octanol–water partition coefficient (Wildman–Crippen LogP) is 2.60. The summed E-state index contributed by atoms with van der Waals surface area (Å²) in [5, 5.41) is 9.39. The van der Waals surface area contributed by atoms with Gasteiger partial charge in [0.05, 0.1) is 5.56 Å². The first-order chi connectivity index (χ1) is 9.36. The molecule has 1 heterocycles. The van der Waals surface area contributed by atoms with Gasteiger partial charge < -0.3 is 10.0 Å². The van der Waals surface area contributed by atoms with Gasteiger partial charge in [0.25, 0.3) is 5.91 Å². The molecule has 20 heavy (non-hydrogen) atoms. The van der Waals surface area contributed by atoms with Crippen molar-refractivity contribution in [1.29, 1.82) is 0 Å². The topological polar surface area (TPSA) is 57.6 Å². The molecular weight excluding hydrogens is 261 g/mol. The Morgan fingerprint density at radius 1 is 1.35 bits per heavy atom. The fraction of sp³-hybridized carbons (Fsp3) is 0.467. The summed E-state index contributed by atoms with van der Waals surface area (Å²) in [6, 6.07) is 4.36. The van der Waals surface area contributed by atoms with E-state index in [1.54, 1.807) is 13.0 Å². The molecule has 4 nitrogen and oxygen atoms in total. The number of benzene rings is 1. The molecule has 1 N–H and O–H groups in total. The number of carboxylic acids is 1. The normalized spacial score (nSPS) is 22.6. The molecular formula is C15H18FNO3. The van der Waals surface area contributed by atoms with E-state index in [0.29, 0.717) is 13.0 Å². The van der Waals surface area contributed by atoms with Crippen molar-refractivity contribution in [3.8, 4) is 0 Å². The number of halogens is 1. The first kappa shape index (κ1) is 14.5. The van der Waals surface area contributed by atoms with Crippen LogP contribution in [-0.4, -0.2) is 34.0 Å². The molecule has 1 fully saturated rings. The van der Waals surface area contributed by atoms with Crippen molar-refractivity contribution in [2.24, 2.45) is 0 Å². The second kappa shape index (κ2) is 5.23. The number of piperidine rings is 1. The van der Waals surface area contributed by atoms with Crippen LogP contribution in [0.25, 0.3) is 0 Å². The van der Waals surface area contributed by atoms with Gasteiger partial charge in [-0.2, -0.15) is 0 Å². The lowest BCUT2D eigenvalue weighted by Crippen LogP contribution is -2.57. The third kappa shape index (κ3) is 2.40. The third-order valence-electron chi connectivity index (χ3n) is 3.95. The molecule has 1 saturated heterocycles. The zero-order chi connectivity index (χ0) is 14.9. The van der Waals surface area contributed by atoms with Gasteiger partial charge in [-0.3, -0.25) is 4.79 Å². The van der Waals surface area contributed by atoms with E-state index in [1.807, 2.05) is 0 Å². The lowest BCUT2D eigenvalue weighted by Gasteiger charge is -2.41. The maximum Gasteiger partial charge on any atom is 0.329 e. The van der Waals surface area contributed by atoms with Crippen LogP contribution in [0.15, 0.2) is 18.2 Å². The number of aliphatic carboxylic acids is 1. The van der Waals surface area contributed by atoms with Crippen molar-refractivity contribution in [2.75, 3.05) is 6.54 Å². The molecule has 108 valence electrons. The second-order valence-electron chi connectivity index (χ2n) is 5.48. The van der Waals surface area contributed by atoms with Crippen molar-refractivity contribution in [2.45, 2.75) is 38.6 Å². The van der Waals surface area contributed by atoms with Crippen molar-refractivity contribution >= 4 is 11.9 Å². The van der Waals surface area contributed by atoms with Gasteiger partial charge >= 0.3 is 5.97 Å². The summed E-state index contributed by atoms with van der Waals surface area (Å²) < 4.78 is 13.9. The molecule has 1 aromatic carbocycles. The quantitative estimate of drug-likeness (QED) is 0.905. The zero-order valence-corrected chi connectivity index (χ0v) is 11.6. The lowest BCUT2D eigenvalue weighted by molar-refractivity contribution is -0.150. The Balaban J connectivity index is 2.37. The van der Waals surface area contributed by atoms with Crippen molar-refractivity contribution in [3.05, 3.63) is 35.1 Å². The molecule has 1 atom stereocenters. The highest BCUT2D eigenvalue weighted by atomic mass is 19.1. The average molecular weight is 279 g/mol. The van der Waals surface area contributed by atoms with Crippen LogP contribution < -0.4 is 0 Å². The van der Waals surface area contributed by atoms with Gasteiger partial charge in [0.1, 0.15) is 11.4 Å². The summed E-state index contributed by atoms with van der Waals surface area (Å²) in [6.07, 6.45) is 1.88. The maximum absolute atomic E-state index is 13.9. The van der Waals surface area contributed by atoms with Gasteiger partial charge in [0.2, 0.25) is 0 Å². The minimum atomic E-state index is -1.26. The molecule has 1 amide bonds. The van der Waals surface area contributed by atoms with E-state index >= 15 is 0 Å². The molecule has 2 rings (SSSR count). The molecule has 1 unspecified atom stereocenters. The molecule has 0 aliphatic carbocycles. The van der Waals surface area contributed by atoms with Crippen LogP contribution in [0.4, 0.5) is 4.39 Å². The Labute approximate surface area is 117 Å². The number of likely N-dealkylation sites (tertiary alicyclic amines) is 1. The first-order valence-electron chi connectivity index (χ1n) is 6.68. The summed E-state index contributed by atoms with van der Waals surface area (Å²) in [4.78, 5) is 25.2. The molecule has 1 aliphatic rings. The van der Waals surface area contributed by atoms with Gasteiger partial charge in [0, 0.05) is 6.54 Å². The van der Waals surface area contributed by atoms with E-state index < -0.39 is 23.2 Å². The van der Waals surface area contributed by atoms with Gasteiger partial charge in [-0.15, -0.1) is 0 Å². The van der Waals surface area contributed by atoms with Crippen LogP contribution in [0.1, 0.15) is 42.1 Å². The minimum Gasteiger partial charge on any atom is -0.480 e. The third-order valence-corrected chi connectivity index (χ3v) is 3.95. The highest BCUT2D eigenvalue weighted by molar-refractivity contribution is 5.98. The van der Waals surface area contributed by atoms with E-state index in [0.717, 1.165) is 18.4 Å². The number of carbonyl (C=O) groups is 2. The number of rotatable bonds is 2. The molecule has 0 saturated carbocycles. The molecule has 0 bridgehead atoms. The lowest BCUT2D eigenvalue weighted by atomic mass is 9.87. The largest absolute Gasteiger partial charge is 0.480 e. The first-order valence-corrected chi connectivity index (χ1v) is 6.68. The summed E-state index contributed by atoms with van der Waals surface area (Å²) in [6.45, 7) is 3.60. The highest BCUT2D eigenvalue weighted by Gasteiger charge is 2.44. The molecule has 5 heteroatoms. The van der Waals surface area contributed by atoms with Crippen LogP contribution in [0.3, 0.4) is 0 Å². The van der Waals surface area contributed by atoms with Crippen LogP contribution in [0.5, 0.6) is 0 Å². The fourth-order valence-corrected chi connectivity index (χ4v) is 2.61. The van der Waals surface area contributed by atoms with Crippen LogP contribution >= 0.6 is 0 Å². The minimum absolute atomic E-state index is 0.0648. The number of carboxylic acid groups (broad SMARTS) is 1. The maximum atomic E-state index is 13.9. The highest BCUT2D eigenvalue weighted by Crippen LogP contribution is 2.30. The molecule has 1 aromatic rings. The molecule has 1 aliphatic heterocycles. The number of amides is 1. The van der Waals surface area contributed by atoms with Crippen LogP contribution in [-0.2, 0) is 4.79 Å². The SMILES string of the molecule is Cc1ccc(C(=O)N2CCCCC2(C)C(=O)O)c(F)c1. The van der Waals surface area contributed by atoms with E-state index in [2.05, 4.69) is 0 Å². The Bertz CT molecular complexity index is 558. The summed E-state index contributed by atoms with van der Waals surface area (Å²) in [5.41, 5.74) is -0.601. The van der Waals surface area contributed by atoms with Crippen molar-refractivity contribution in [1.82, 2.24) is 4.90 Å². The molecule has 0 spiro atoms. The Hall–Kier alpha value is -1.91. The summed E-state index contributed by atoms with van der Waals surface area (Å²) in [7, 11) is 0. The van der Waals surface area contributed by atoms with Crippen molar-refractivity contribution in [3.63, 3.8) is 0 Å². The second-order valence-corrected chi connectivity index (χ2v) is 5.48. The summed E-state index contributed by atoms with van der Waals surface area (Å²) in [5.74, 6) is -2.20. The smallest absolute Gasteiger partial charge is 0.329 e. The van der Waals surface area contributed by atoms with Gasteiger partial charge in [-0.1, -0.05) is 6.07 Å². The standard InChI is InChI=1S/C15H18FNO3/c1-10-5-6-11(12(16)9-10)13(18)17-8-4-3-7-15(17,2)14(19)20/h5-6,9H,3-4,7-8H2,1-2H3,(H,19,20). The number of hydrogen-bond donors (Lipinski definition) is 1. The number of aryl methyl sites for hydroxylation is 1. The van der Waals surface area contributed by atoms with E-state index in [1.165, 1.54) is 24.0 Å². The van der Waals surface area contributed by atoms with Crippen molar-refractivity contribution < 1.29 is 19.1 Å². The van der Waals surface area contributed by atoms with E-state index in [-0.39, 0.29) is 5.56 Å². The monoisotopic (exact) mass is 279 g/mol. The van der Waals surface area contributed by atoms with Gasteiger partial charge in [0.15, 0.2) is 0 Å². The Morgan fingerprint density at radius 3 is 2.65 bits per heavy atom. The van der Waals surface area contributed by atoms with E-state index in [9.17, 15) is 19.1 Å². The van der Waals surface area contributed by atoms with E-state index in [4.69, 9.17) is 0 Å². The Kier molecular flexibility index (Phi) is 3.79. The zero-order valence-electron chi connectivity index (χ0n) is 11.6. The summed E-state index contributed by atoms with van der Waals surface area (Å²) >= 11 is 0.